The third-order valence-electron chi connectivity index (χ3n) is 2.38. The van der Waals surface area contributed by atoms with Crippen LogP contribution in [0.2, 0.25) is 0 Å². The van der Waals surface area contributed by atoms with Crippen LogP contribution in [0.3, 0.4) is 0 Å². The summed E-state index contributed by atoms with van der Waals surface area (Å²) in [5, 5.41) is 23.2. The van der Waals surface area contributed by atoms with Crippen LogP contribution in [0.5, 0.6) is 0 Å². The van der Waals surface area contributed by atoms with Gasteiger partial charge in [-0.25, -0.2) is 14.6 Å². The first kappa shape index (κ1) is 15.4. The van der Waals surface area contributed by atoms with Gasteiger partial charge in [-0.15, -0.1) is 11.3 Å². The molecule has 106 valence electrons. The maximum absolute atomic E-state index is 11.5. The van der Waals surface area contributed by atoms with Gasteiger partial charge in [-0.3, -0.25) is 0 Å². The molecule has 1 unspecified atom stereocenters. The number of carboxylic acid groups (broad SMARTS) is 1. The molecule has 0 aliphatic heterocycles. The molecule has 19 heavy (non-hydrogen) atoms. The minimum absolute atomic E-state index is 0.271. The maximum atomic E-state index is 11.5. The topological polar surface area (TPSA) is 112 Å². The first-order valence-corrected chi connectivity index (χ1v) is 6.65. The van der Waals surface area contributed by atoms with Crippen LogP contribution in [0.15, 0.2) is 6.20 Å². The highest BCUT2D eigenvalue weighted by atomic mass is 32.1. The SMILES string of the molecule is CCc1cnc(C(C)NC(=O)NC[C@H](O)C(=O)O)s1. The molecule has 0 spiro atoms. The average molecular weight is 287 g/mol. The molecule has 1 heterocycles. The standard InChI is InChI=1S/C11H17N3O4S/c1-3-7-4-12-9(19-7)6(2)14-11(18)13-5-8(15)10(16)17/h4,6,8,15H,3,5H2,1-2H3,(H,16,17)(H2,13,14,18)/t6?,8-/m0/s1. The van der Waals surface area contributed by atoms with Gasteiger partial charge < -0.3 is 20.8 Å². The van der Waals surface area contributed by atoms with Crippen molar-refractivity contribution in [1.29, 1.82) is 0 Å². The Morgan fingerprint density at radius 2 is 2.21 bits per heavy atom. The van der Waals surface area contributed by atoms with E-state index in [1.165, 1.54) is 11.3 Å². The molecule has 1 rings (SSSR count). The lowest BCUT2D eigenvalue weighted by Gasteiger charge is -2.13. The molecule has 2 atom stereocenters. The number of carbonyl (C=O) groups is 2. The van der Waals surface area contributed by atoms with Crippen LogP contribution in [0.1, 0.15) is 29.8 Å². The molecular weight excluding hydrogens is 270 g/mol. The second-order valence-electron chi connectivity index (χ2n) is 3.95. The van der Waals surface area contributed by atoms with Crippen molar-refractivity contribution in [3.05, 3.63) is 16.1 Å². The Hall–Kier alpha value is -1.67. The molecule has 0 aliphatic carbocycles. The number of aryl methyl sites for hydroxylation is 1. The van der Waals surface area contributed by atoms with Crippen LogP contribution in [-0.4, -0.2) is 39.8 Å². The number of urea groups is 1. The number of hydrogen-bond acceptors (Lipinski definition) is 5. The zero-order valence-electron chi connectivity index (χ0n) is 10.7. The summed E-state index contributed by atoms with van der Waals surface area (Å²) in [5.74, 6) is -1.37. The third kappa shape index (κ3) is 4.84. The zero-order chi connectivity index (χ0) is 14.4. The summed E-state index contributed by atoms with van der Waals surface area (Å²) in [6.45, 7) is 3.47. The molecule has 8 heteroatoms. The van der Waals surface area contributed by atoms with Gasteiger partial charge in [0, 0.05) is 11.1 Å². The van der Waals surface area contributed by atoms with Crippen LogP contribution in [0.4, 0.5) is 4.79 Å². The molecule has 7 nitrogen and oxygen atoms in total. The molecular formula is C11H17N3O4S. The first-order valence-electron chi connectivity index (χ1n) is 5.83. The summed E-state index contributed by atoms with van der Waals surface area (Å²) >= 11 is 1.52. The number of thiazole rings is 1. The number of aromatic nitrogens is 1. The molecule has 1 aromatic heterocycles. The van der Waals surface area contributed by atoms with Gasteiger partial charge in [0.15, 0.2) is 6.10 Å². The monoisotopic (exact) mass is 287 g/mol. The number of nitrogens with one attached hydrogen (secondary N) is 2. The smallest absolute Gasteiger partial charge is 0.334 e. The fourth-order valence-corrected chi connectivity index (χ4v) is 2.13. The van der Waals surface area contributed by atoms with Crippen molar-refractivity contribution in [2.75, 3.05) is 6.54 Å². The molecule has 1 aromatic rings. The minimum Gasteiger partial charge on any atom is -0.479 e. The Bertz CT molecular complexity index is 449. The van der Waals surface area contributed by atoms with Gasteiger partial charge >= 0.3 is 12.0 Å². The van der Waals surface area contributed by atoms with Gasteiger partial charge in [0.25, 0.3) is 0 Å². The van der Waals surface area contributed by atoms with E-state index in [0.29, 0.717) is 0 Å². The van der Waals surface area contributed by atoms with Gasteiger partial charge in [-0.2, -0.15) is 0 Å². The summed E-state index contributed by atoms with van der Waals surface area (Å²) in [7, 11) is 0. The number of amides is 2. The molecule has 0 radical (unpaired) electrons. The van der Waals surface area contributed by atoms with E-state index in [-0.39, 0.29) is 12.6 Å². The van der Waals surface area contributed by atoms with E-state index in [0.717, 1.165) is 16.3 Å². The average Bonchev–Trinajstić information content (AvgIpc) is 2.84. The van der Waals surface area contributed by atoms with Crippen LogP contribution in [-0.2, 0) is 11.2 Å². The van der Waals surface area contributed by atoms with E-state index in [9.17, 15) is 9.59 Å². The van der Waals surface area contributed by atoms with Crippen LogP contribution < -0.4 is 10.6 Å². The second-order valence-corrected chi connectivity index (χ2v) is 5.10. The molecule has 0 saturated heterocycles. The van der Waals surface area contributed by atoms with Crippen LogP contribution in [0, 0.1) is 0 Å². The van der Waals surface area contributed by atoms with E-state index in [2.05, 4.69) is 15.6 Å². The normalized spacial score (nSPS) is 13.6. The van der Waals surface area contributed by atoms with Gasteiger partial charge in [0.1, 0.15) is 5.01 Å². The Kier molecular flexibility index (Phi) is 5.71. The predicted molar refractivity (Wildman–Crippen MR) is 70.1 cm³/mol. The van der Waals surface area contributed by atoms with E-state index in [1.54, 1.807) is 13.1 Å². The van der Waals surface area contributed by atoms with Crippen molar-refractivity contribution in [1.82, 2.24) is 15.6 Å². The molecule has 2 amide bonds. The zero-order valence-corrected chi connectivity index (χ0v) is 11.5. The first-order chi connectivity index (χ1) is 8.93. The fraction of sp³-hybridized carbons (Fsp3) is 0.545. The van der Waals surface area contributed by atoms with E-state index in [4.69, 9.17) is 10.2 Å². The van der Waals surface area contributed by atoms with Crippen molar-refractivity contribution < 1.29 is 19.8 Å². The predicted octanol–water partition coefficient (Wildman–Crippen LogP) is 0.511. The lowest BCUT2D eigenvalue weighted by molar-refractivity contribution is -0.146. The number of rotatable bonds is 6. The highest BCUT2D eigenvalue weighted by Crippen LogP contribution is 2.19. The van der Waals surface area contributed by atoms with Crippen molar-refractivity contribution in [3.8, 4) is 0 Å². The van der Waals surface area contributed by atoms with Crippen molar-refractivity contribution in [2.45, 2.75) is 32.4 Å². The number of carbonyl (C=O) groups excluding carboxylic acids is 1. The Labute approximate surface area is 114 Å². The summed E-state index contributed by atoms with van der Waals surface area (Å²) in [6.07, 6.45) is 1.05. The van der Waals surface area contributed by atoms with Crippen molar-refractivity contribution in [3.63, 3.8) is 0 Å². The number of hydrogen-bond donors (Lipinski definition) is 4. The summed E-state index contributed by atoms with van der Waals surface area (Å²) in [6, 6.07) is -0.812. The maximum Gasteiger partial charge on any atom is 0.334 e. The Morgan fingerprint density at radius 1 is 1.53 bits per heavy atom. The van der Waals surface area contributed by atoms with Crippen molar-refractivity contribution in [2.24, 2.45) is 0 Å². The quantitative estimate of drug-likeness (QED) is 0.609. The molecule has 0 aliphatic rings. The molecule has 4 N–H and O–H groups in total. The largest absolute Gasteiger partial charge is 0.479 e. The van der Waals surface area contributed by atoms with Gasteiger partial charge in [0.2, 0.25) is 0 Å². The molecule has 0 bridgehead atoms. The van der Waals surface area contributed by atoms with E-state index < -0.39 is 18.1 Å². The summed E-state index contributed by atoms with van der Waals surface area (Å²) < 4.78 is 0. The third-order valence-corrected chi connectivity index (χ3v) is 3.70. The number of aliphatic hydroxyl groups is 1. The van der Waals surface area contributed by atoms with Crippen molar-refractivity contribution >= 4 is 23.3 Å². The summed E-state index contributed by atoms with van der Waals surface area (Å²) in [5.41, 5.74) is 0. The van der Waals surface area contributed by atoms with Gasteiger partial charge in [-0.1, -0.05) is 6.92 Å². The van der Waals surface area contributed by atoms with Gasteiger partial charge in [0.05, 0.1) is 12.6 Å². The number of carboxylic acids is 1. The highest BCUT2D eigenvalue weighted by molar-refractivity contribution is 7.11. The number of nitrogens with zero attached hydrogens (tertiary/aromatic N) is 1. The van der Waals surface area contributed by atoms with Gasteiger partial charge in [-0.05, 0) is 13.3 Å². The van der Waals surface area contributed by atoms with E-state index >= 15 is 0 Å². The number of aliphatic carboxylic acids is 1. The lowest BCUT2D eigenvalue weighted by Crippen LogP contribution is -2.42. The summed E-state index contributed by atoms with van der Waals surface area (Å²) in [4.78, 5) is 27.2. The van der Waals surface area contributed by atoms with Crippen LogP contribution in [0.25, 0.3) is 0 Å². The van der Waals surface area contributed by atoms with Crippen LogP contribution >= 0.6 is 11.3 Å². The lowest BCUT2D eigenvalue weighted by atomic mass is 10.3. The Balaban J connectivity index is 2.41. The number of aliphatic hydroxyl groups excluding tert-OH is 1. The fourth-order valence-electron chi connectivity index (χ4n) is 1.27. The highest BCUT2D eigenvalue weighted by Gasteiger charge is 2.16. The second kappa shape index (κ2) is 7.05. The Morgan fingerprint density at radius 3 is 2.74 bits per heavy atom. The molecule has 0 fully saturated rings. The van der Waals surface area contributed by atoms with E-state index in [1.807, 2.05) is 6.92 Å². The molecule has 0 aromatic carbocycles. The molecule has 0 saturated carbocycles. The minimum atomic E-state index is -1.60.